The van der Waals surface area contributed by atoms with Gasteiger partial charge in [0.05, 0.1) is 13.2 Å². The van der Waals surface area contributed by atoms with E-state index in [2.05, 4.69) is 52.9 Å². The molecule has 0 amide bonds. The third-order valence-electron chi connectivity index (χ3n) is 4.51. The first-order valence-corrected chi connectivity index (χ1v) is 10.1. The van der Waals surface area contributed by atoms with Gasteiger partial charge in [0.2, 0.25) is 0 Å². The third kappa shape index (κ3) is 5.55. The van der Waals surface area contributed by atoms with E-state index in [1.54, 1.807) is 24.6 Å². The Balaban J connectivity index is 1.60. The molecule has 6 heteroatoms. The average Bonchev–Trinajstić information content (AvgIpc) is 3.24. The monoisotopic (exact) mass is 397 g/mol. The Hall–Kier alpha value is -2.41. The molecule has 1 aromatic carbocycles. The van der Waals surface area contributed by atoms with E-state index in [0.717, 1.165) is 35.7 Å². The van der Waals surface area contributed by atoms with Crippen LogP contribution in [0.25, 0.3) is 0 Å². The standard InChI is InChI=1S/C22H27N3O2S/c1-25(2)19(22-7-5-11-28-22)15-24-13-17-8-9-20(26-3)21(12-17)27-16-18-6-4-10-23-14-18/h4-12,14,19,24H,13,15-16H2,1-3H3. The number of likely N-dealkylation sites (N-methyl/N-ethyl adjacent to an activating group) is 1. The van der Waals surface area contributed by atoms with Crippen LogP contribution in [0.4, 0.5) is 0 Å². The van der Waals surface area contributed by atoms with Crippen molar-refractivity contribution in [3.05, 3.63) is 76.2 Å². The number of benzene rings is 1. The Kier molecular flexibility index (Phi) is 7.42. The van der Waals surface area contributed by atoms with Crippen LogP contribution < -0.4 is 14.8 Å². The zero-order valence-corrected chi connectivity index (χ0v) is 17.4. The van der Waals surface area contributed by atoms with Gasteiger partial charge in [0.1, 0.15) is 6.61 Å². The highest BCUT2D eigenvalue weighted by molar-refractivity contribution is 7.10. The maximum absolute atomic E-state index is 5.98. The molecule has 2 aromatic heterocycles. The molecule has 0 aliphatic carbocycles. The lowest BCUT2D eigenvalue weighted by Gasteiger charge is -2.23. The van der Waals surface area contributed by atoms with Gasteiger partial charge >= 0.3 is 0 Å². The fourth-order valence-electron chi connectivity index (χ4n) is 2.96. The minimum Gasteiger partial charge on any atom is -0.493 e. The Bertz CT molecular complexity index is 838. The van der Waals surface area contributed by atoms with E-state index in [0.29, 0.717) is 12.6 Å². The van der Waals surface area contributed by atoms with Crippen molar-refractivity contribution in [2.24, 2.45) is 0 Å². The first-order chi connectivity index (χ1) is 13.7. The van der Waals surface area contributed by atoms with E-state index in [9.17, 15) is 0 Å². The van der Waals surface area contributed by atoms with Gasteiger partial charge in [-0.2, -0.15) is 0 Å². The van der Waals surface area contributed by atoms with Gasteiger partial charge in [-0.05, 0) is 49.3 Å². The summed E-state index contributed by atoms with van der Waals surface area (Å²) >= 11 is 1.79. The summed E-state index contributed by atoms with van der Waals surface area (Å²) in [6, 6.07) is 14.6. The zero-order valence-electron chi connectivity index (χ0n) is 16.6. The second kappa shape index (κ2) is 10.2. The van der Waals surface area contributed by atoms with Gasteiger partial charge in [-0.1, -0.05) is 18.2 Å². The first-order valence-electron chi connectivity index (χ1n) is 9.26. The van der Waals surface area contributed by atoms with E-state index in [1.165, 1.54) is 4.88 Å². The average molecular weight is 398 g/mol. The number of rotatable bonds is 10. The fraction of sp³-hybridized carbons (Fsp3) is 0.318. The summed E-state index contributed by atoms with van der Waals surface area (Å²) in [6.07, 6.45) is 3.57. The molecular formula is C22H27N3O2S. The summed E-state index contributed by atoms with van der Waals surface area (Å²) in [5.41, 5.74) is 2.18. The van der Waals surface area contributed by atoms with Crippen molar-refractivity contribution in [1.82, 2.24) is 15.2 Å². The van der Waals surface area contributed by atoms with Crippen LogP contribution >= 0.6 is 11.3 Å². The first kappa shape index (κ1) is 20.3. The van der Waals surface area contributed by atoms with Crippen molar-refractivity contribution in [2.45, 2.75) is 19.2 Å². The lowest BCUT2D eigenvalue weighted by Crippen LogP contribution is -2.30. The number of nitrogens with zero attached hydrogens (tertiary/aromatic N) is 2. The Labute approximate surface area is 170 Å². The van der Waals surface area contributed by atoms with Crippen molar-refractivity contribution in [1.29, 1.82) is 0 Å². The maximum atomic E-state index is 5.98. The Morgan fingerprint density at radius 1 is 1.11 bits per heavy atom. The number of pyridine rings is 1. The lowest BCUT2D eigenvalue weighted by atomic mass is 10.1. The quantitative estimate of drug-likeness (QED) is 0.558. The van der Waals surface area contributed by atoms with Gasteiger partial charge in [0, 0.05) is 35.9 Å². The molecule has 0 spiro atoms. The molecule has 5 nitrogen and oxygen atoms in total. The highest BCUT2D eigenvalue weighted by Gasteiger charge is 2.14. The second-order valence-corrected chi connectivity index (χ2v) is 7.74. The topological polar surface area (TPSA) is 46.6 Å². The second-order valence-electron chi connectivity index (χ2n) is 6.76. The number of ether oxygens (including phenoxy) is 2. The maximum Gasteiger partial charge on any atom is 0.161 e. The van der Waals surface area contributed by atoms with E-state index in [1.807, 2.05) is 30.5 Å². The van der Waals surface area contributed by atoms with Crippen molar-refractivity contribution < 1.29 is 9.47 Å². The summed E-state index contributed by atoms with van der Waals surface area (Å²) in [6.45, 7) is 2.11. The smallest absolute Gasteiger partial charge is 0.161 e. The van der Waals surface area contributed by atoms with E-state index in [-0.39, 0.29) is 0 Å². The van der Waals surface area contributed by atoms with Crippen molar-refractivity contribution in [3.63, 3.8) is 0 Å². The number of methoxy groups -OCH3 is 1. The van der Waals surface area contributed by atoms with E-state index in [4.69, 9.17) is 9.47 Å². The number of nitrogens with one attached hydrogen (secondary N) is 1. The molecule has 28 heavy (non-hydrogen) atoms. The molecule has 148 valence electrons. The molecule has 0 saturated carbocycles. The molecule has 0 radical (unpaired) electrons. The molecule has 0 aliphatic rings. The molecule has 0 saturated heterocycles. The minimum absolute atomic E-state index is 0.361. The number of thiophene rings is 1. The highest BCUT2D eigenvalue weighted by Crippen LogP contribution is 2.29. The molecule has 0 aliphatic heterocycles. The number of aromatic nitrogens is 1. The van der Waals surface area contributed by atoms with Crippen LogP contribution in [0.3, 0.4) is 0 Å². The van der Waals surface area contributed by atoms with Gasteiger partial charge in [-0.15, -0.1) is 11.3 Å². The normalized spacial score (nSPS) is 12.1. The van der Waals surface area contributed by atoms with E-state index < -0.39 is 0 Å². The third-order valence-corrected chi connectivity index (χ3v) is 5.48. The summed E-state index contributed by atoms with van der Waals surface area (Å²) in [5, 5.41) is 5.69. The van der Waals surface area contributed by atoms with Gasteiger partial charge in [0.15, 0.2) is 11.5 Å². The number of hydrogen-bond donors (Lipinski definition) is 1. The van der Waals surface area contributed by atoms with Gasteiger partial charge in [-0.3, -0.25) is 4.98 Å². The fourth-order valence-corrected chi connectivity index (χ4v) is 3.88. The largest absolute Gasteiger partial charge is 0.493 e. The van der Waals surface area contributed by atoms with Crippen LogP contribution in [0, 0.1) is 0 Å². The minimum atomic E-state index is 0.361. The molecule has 1 N–H and O–H groups in total. The Morgan fingerprint density at radius 2 is 2.00 bits per heavy atom. The molecule has 1 unspecified atom stereocenters. The van der Waals surface area contributed by atoms with Crippen LogP contribution in [0.5, 0.6) is 11.5 Å². The van der Waals surface area contributed by atoms with Crippen LogP contribution in [0.1, 0.15) is 22.0 Å². The molecule has 1 atom stereocenters. The van der Waals surface area contributed by atoms with Gasteiger partial charge < -0.3 is 19.7 Å². The summed E-state index contributed by atoms with van der Waals surface area (Å²) in [7, 11) is 5.89. The van der Waals surface area contributed by atoms with Crippen LogP contribution in [0.2, 0.25) is 0 Å². The molecule has 3 rings (SSSR count). The van der Waals surface area contributed by atoms with Crippen LogP contribution in [-0.4, -0.2) is 37.6 Å². The van der Waals surface area contributed by atoms with Crippen LogP contribution in [-0.2, 0) is 13.2 Å². The summed E-state index contributed by atoms with van der Waals surface area (Å²) in [5.74, 6) is 1.48. The van der Waals surface area contributed by atoms with Crippen molar-refractivity contribution >= 4 is 11.3 Å². The lowest BCUT2D eigenvalue weighted by molar-refractivity contribution is 0.283. The van der Waals surface area contributed by atoms with Crippen LogP contribution in [0.15, 0.2) is 60.2 Å². The molecule has 0 fully saturated rings. The zero-order chi connectivity index (χ0) is 19.8. The molecular weight excluding hydrogens is 370 g/mol. The SMILES string of the molecule is COc1ccc(CNCC(c2cccs2)N(C)C)cc1OCc1cccnc1. The van der Waals surface area contributed by atoms with Crippen molar-refractivity contribution in [2.75, 3.05) is 27.7 Å². The highest BCUT2D eigenvalue weighted by atomic mass is 32.1. The molecule has 3 aromatic rings. The number of hydrogen-bond acceptors (Lipinski definition) is 6. The van der Waals surface area contributed by atoms with Gasteiger partial charge in [0.25, 0.3) is 0 Å². The predicted octanol–water partition coefficient (Wildman–Crippen LogP) is 4.12. The Morgan fingerprint density at radius 3 is 2.68 bits per heavy atom. The van der Waals surface area contributed by atoms with Crippen molar-refractivity contribution in [3.8, 4) is 11.5 Å². The molecule has 2 heterocycles. The van der Waals surface area contributed by atoms with E-state index >= 15 is 0 Å². The summed E-state index contributed by atoms with van der Waals surface area (Å²) < 4.78 is 11.4. The molecule has 0 bridgehead atoms. The summed E-state index contributed by atoms with van der Waals surface area (Å²) in [4.78, 5) is 7.74. The van der Waals surface area contributed by atoms with Gasteiger partial charge in [-0.25, -0.2) is 0 Å². The predicted molar refractivity (Wildman–Crippen MR) is 114 cm³/mol.